The van der Waals surface area contributed by atoms with E-state index in [0.717, 1.165) is 5.56 Å². The third-order valence-electron chi connectivity index (χ3n) is 2.92. The van der Waals surface area contributed by atoms with E-state index in [1.54, 1.807) is 18.9 Å². The minimum atomic E-state index is -1.91. The van der Waals surface area contributed by atoms with E-state index in [-0.39, 0.29) is 0 Å². The van der Waals surface area contributed by atoms with Gasteiger partial charge in [0, 0.05) is 24.5 Å². The lowest BCUT2D eigenvalue weighted by Crippen LogP contribution is -2.48. The third kappa shape index (κ3) is 2.83. The van der Waals surface area contributed by atoms with Crippen molar-refractivity contribution in [3.63, 3.8) is 0 Å². The zero-order valence-electron chi connectivity index (χ0n) is 14.0. The van der Waals surface area contributed by atoms with Crippen molar-refractivity contribution < 1.29 is 5.48 Å². The lowest BCUT2D eigenvalue weighted by Gasteiger charge is -2.37. The van der Waals surface area contributed by atoms with Crippen LogP contribution < -0.4 is 5.32 Å². The summed E-state index contributed by atoms with van der Waals surface area (Å²) in [5.74, 6) is -1.17. The van der Waals surface area contributed by atoms with Gasteiger partial charge in [-0.15, -0.1) is 0 Å². The summed E-state index contributed by atoms with van der Waals surface area (Å²) >= 11 is 0. The molecule has 2 rings (SSSR count). The summed E-state index contributed by atoms with van der Waals surface area (Å²) in [5, 5.41) is 2.74. The number of likely N-dealkylation sites (N-methyl/N-ethyl adjacent to an activating group) is 1. The molecule has 1 fully saturated rings. The molecular weight excluding hydrogens is 196 g/mol. The fraction of sp³-hybridized carbons (Fsp3) is 0.571. The minimum Gasteiger partial charge on any atom is -0.315 e. The molecule has 0 bridgehead atoms. The normalized spacial score (nSPS) is 42.9. The molecule has 1 aliphatic rings. The second kappa shape index (κ2) is 5.46. The maximum atomic E-state index is 8.46. The second-order valence-corrected chi connectivity index (χ2v) is 4.17. The first-order chi connectivity index (χ1) is 9.24. The number of hydrogen-bond donors (Lipinski definition) is 1. The van der Waals surface area contributed by atoms with Crippen LogP contribution >= 0.6 is 0 Å². The number of rotatable bonds is 3. The van der Waals surface area contributed by atoms with Crippen LogP contribution in [-0.2, 0) is 6.54 Å². The highest BCUT2D eigenvalue weighted by Crippen LogP contribution is 2.18. The standard InChI is InChI=1S/C14H22N2/c1-12-8-9-16(11-14(12)15-2)10-13-6-4-3-5-7-13/h3-7,12,14-15H,8-11H2,1-2H3/i11D2,12D,14D. The van der Waals surface area contributed by atoms with Crippen molar-refractivity contribution in [1.29, 1.82) is 0 Å². The summed E-state index contributed by atoms with van der Waals surface area (Å²) in [7, 11) is 1.56. The molecule has 0 aliphatic carbocycles. The van der Waals surface area contributed by atoms with Gasteiger partial charge in [-0.2, -0.15) is 0 Å². The third-order valence-corrected chi connectivity index (χ3v) is 2.92. The minimum absolute atomic E-state index is 0.451. The molecule has 2 heteroatoms. The van der Waals surface area contributed by atoms with E-state index in [9.17, 15) is 0 Å². The van der Waals surface area contributed by atoms with Gasteiger partial charge in [0.15, 0.2) is 0 Å². The van der Waals surface area contributed by atoms with Gasteiger partial charge in [0.25, 0.3) is 0 Å². The van der Waals surface area contributed by atoms with E-state index in [0.29, 0.717) is 19.5 Å². The highest BCUT2D eigenvalue weighted by molar-refractivity contribution is 5.14. The van der Waals surface area contributed by atoms with Crippen molar-refractivity contribution in [1.82, 2.24) is 10.2 Å². The van der Waals surface area contributed by atoms with Crippen LogP contribution in [0.3, 0.4) is 0 Å². The first-order valence-electron chi connectivity index (χ1n) is 7.72. The van der Waals surface area contributed by atoms with Crippen LogP contribution in [0.25, 0.3) is 0 Å². The van der Waals surface area contributed by atoms with Gasteiger partial charge >= 0.3 is 0 Å². The maximum Gasteiger partial charge on any atom is 0.0481 e. The molecule has 88 valence electrons. The molecule has 2 unspecified atom stereocenters. The molecule has 1 aromatic rings. The molecule has 0 spiro atoms. The van der Waals surface area contributed by atoms with Crippen LogP contribution in [0.2, 0.25) is 0 Å². The molecule has 2 nitrogen and oxygen atoms in total. The van der Waals surface area contributed by atoms with Crippen molar-refractivity contribution in [2.75, 3.05) is 20.1 Å². The van der Waals surface area contributed by atoms with E-state index in [1.165, 1.54) is 0 Å². The molecule has 16 heavy (non-hydrogen) atoms. The topological polar surface area (TPSA) is 15.3 Å². The Kier molecular flexibility index (Phi) is 2.55. The smallest absolute Gasteiger partial charge is 0.0481 e. The zero-order chi connectivity index (χ0) is 15.0. The van der Waals surface area contributed by atoms with Crippen LogP contribution in [0.15, 0.2) is 30.3 Å². The van der Waals surface area contributed by atoms with E-state index < -0.39 is 18.4 Å². The van der Waals surface area contributed by atoms with Crippen LogP contribution in [0.1, 0.15) is 24.4 Å². The van der Waals surface area contributed by atoms with Crippen molar-refractivity contribution in [3.8, 4) is 0 Å². The molecule has 0 aromatic heterocycles. The second-order valence-electron chi connectivity index (χ2n) is 4.17. The van der Waals surface area contributed by atoms with Gasteiger partial charge in [-0.1, -0.05) is 37.3 Å². The summed E-state index contributed by atoms with van der Waals surface area (Å²) in [5.41, 5.74) is 1.02. The number of benzene rings is 1. The van der Waals surface area contributed by atoms with Gasteiger partial charge in [-0.3, -0.25) is 4.90 Å². The first-order valence-corrected chi connectivity index (χ1v) is 5.72. The fourth-order valence-electron chi connectivity index (χ4n) is 1.93. The average molecular weight is 222 g/mol. The van der Waals surface area contributed by atoms with E-state index in [4.69, 9.17) is 5.48 Å². The predicted octanol–water partition coefficient (Wildman–Crippen LogP) is 2.12. The number of nitrogens with one attached hydrogen (secondary N) is 1. The lowest BCUT2D eigenvalue weighted by molar-refractivity contribution is 0.147. The SMILES string of the molecule is [2H]C1(C)CCN(Cc2ccccc2)C([2H])([2H])C1([2H])NC. The Labute approximate surface area is 104 Å². The Hall–Kier alpha value is -0.860. The maximum absolute atomic E-state index is 8.46. The lowest BCUT2D eigenvalue weighted by atomic mass is 9.93. The molecule has 0 radical (unpaired) electrons. The molecular formula is C14H22N2. The first kappa shape index (κ1) is 7.46. The van der Waals surface area contributed by atoms with Crippen LogP contribution in [0.5, 0.6) is 0 Å². The van der Waals surface area contributed by atoms with Gasteiger partial charge in [0.1, 0.15) is 0 Å². The summed E-state index contributed by atoms with van der Waals surface area (Å²) < 4.78 is 33.5. The Morgan fingerprint density at radius 1 is 1.50 bits per heavy atom. The van der Waals surface area contributed by atoms with Crippen molar-refractivity contribution in [2.24, 2.45) is 5.89 Å². The monoisotopic (exact) mass is 222 g/mol. The summed E-state index contributed by atoms with van der Waals surface area (Å²) in [6.07, 6.45) is 0.462. The molecule has 0 amide bonds. The number of piperidine rings is 1. The largest absolute Gasteiger partial charge is 0.315 e. The van der Waals surface area contributed by atoms with Gasteiger partial charge in [0.2, 0.25) is 0 Å². The zero-order valence-corrected chi connectivity index (χ0v) is 9.96. The molecule has 1 aliphatic heterocycles. The molecule has 0 saturated carbocycles. The van der Waals surface area contributed by atoms with Crippen molar-refractivity contribution in [3.05, 3.63) is 35.9 Å². The van der Waals surface area contributed by atoms with Crippen LogP contribution in [-0.4, -0.2) is 31.0 Å². The number of hydrogen-bond acceptors (Lipinski definition) is 2. The quantitative estimate of drug-likeness (QED) is 0.842. The average Bonchev–Trinajstić information content (AvgIpc) is 2.41. The summed E-state index contributed by atoms with van der Waals surface area (Å²) in [4.78, 5) is 1.65. The fourth-order valence-corrected chi connectivity index (χ4v) is 1.93. The van der Waals surface area contributed by atoms with Gasteiger partial charge in [-0.05, 0) is 31.5 Å². The Balaban J connectivity index is 2.29. The van der Waals surface area contributed by atoms with E-state index in [1.807, 2.05) is 30.3 Å². The number of likely N-dealkylation sites (tertiary alicyclic amines) is 1. The van der Waals surface area contributed by atoms with Gasteiger partial charge in [0.05, 0.1) is 0 Å². The summed E-state index contributed by atoms with van der Waals surface area (Å²) in [6, 6.07) is 8.03. The van der Waals surface area contributed by atoms with Gasteiger partial charge in [-0.25, -0.2) is 0 Å². The molecule has 1 N–H and O–H groups in total. The van der Waals surface area contributed by atoms with Gasteiger partial charge < -0.3 is 5.32 Å². The van der Waals surface area contributed by atoms with Crippen LogP contribution in [0, 0.1) is 5.89 Å². The molecule has 1 saturated heterocycles. The van der Waals surface area contributed by atoms with E-state index >= 15 is 0 Å². The number of nitrogens with zero attached hydrogens (tertiary/aromatic N) is 1. The highest BCUT2D eigenvalue weighted by atomic mass is 15.2. The Bertz CT molecular complexity index is 464. The molecule has 1 heterocycles. The van der Waals surface area contributed by atoms with Crippen LogP contribution in [0.4, 0.5) is 0 Å². The van der Waals surface area contributed by atoms with Crippen molar-refractivity contribution in [2.45, 2.75) is 25.9 Å². The highest BCUT2D eigenvalue weighted by Gasteiger charge is 2.24. The van der Waals surface area contributed by atoms with Crippen molar-refractivity contribution >= 4 is 0 Å². The predicted molar refractivity (Wildman–Crippen MR) is 68.3 cm³/mol. The Morgan fingerprint density at radius 2 is 2.25 bits per heavy atom. The van der Waals surface area contributed by atoms with E-state index in [2.05, 4.69) is 5.32 Å². The molecule has 1 aromatic carbocycles. The Morgan fingerprint density at radius 3 is 2.94 bits per heavy atom. The molecule has 2 atom stereocenters. The summed E-state index contributed by atoms with van der Waals surface area (Å²) in [6.45, 7) is 0.650.